The Kier molecular flexibility index (Phi) is 6.21. The van der Waals surface area contributed by atoms with Gasteiger partial charge in [-0.05, 0) is 37.2 Å². The van der Waals surface area contributed by atoms with Crippen molar-refractivity contribution in [3.63, 3.8) is 0 Å². The van der Waals surface area contributed by atoms with E-state index in [0.717, 1.165) is 36.9 Å². The van der Waals surface area contributed by atoms with Crippen molar-refractivity contribution in [2.24, 2.45) is 5.92 Å². The molecule has 0 heterocycles. The summed E-state index contributed by atoms with van der Waals surface area (Å²) >= 11 is 0. The third kappa shape index (κ3) is 4.21. The Morgan fingerprint density at radius 3 is 2.82 bits per heavy atom. The minimum Gasteiger partial charge on any atom is -0.312 e. The van der Waals surface area contributed by atoms with Crippen LogP contribution in [0.2, 0.25) is 0 Å². The van der Waals surface area contributed by atoms with Gasteiger partial charge in [-0.2, -0.15) is 5.26 Å². The Bertz CT molecular complexity index is 557. The molecule has 0 aliphatic heterocycles. The lowest BCUT2D eigenvalue weighted by atomic mass is 9.87. The summed E-state index contributed by atoms with van der Waals surface area (Å²) in [5.41, 5.74) is 2.28. The molecule has 0 bridgehead atoms. The maximum absolute atomic E-state index is 12.5. The second kappa shape index (κ2) is 8.38. The summed E-state index contributed by atoms with van der Waals surface area (Å²) in [6, 6.07) is 12.4. The number of carbonyl (C=O) groups excluding carboxylic acids is 1. The molecule has 1 aromatic rings. The predicted octanol–water partition coefficient (Wildman–Crippen LogP) is 4.41. The zero-order valence-corrected chi connectivity index (χ0v) is 13.3. The van der Waals surface area contributed by atoms with Gasteiger partial charge in [0.05, 0.1) is 12.6 Å². The van der Waals surface area contributed by atoms with E-state index < -0.39 is 0 Å². The molecule has 0 saturated carbocycles. The first-order valence-electron chi connectivity index (χ1n) is 8.17. The van der Waals surface area contributed by atoms with Gasteiger partial charge in [-0.15, -0.1) is 0 Å². The van der Waals surface area contributed by atoms with E-state index in [1.54, 1.807) is 0 Å². The summed E-state index contributed by atoms with van der Waals surface area (Å²) in [5.74, 6) is 0.506. The van der Waals surface area contributed by atoms with Crippen molar-refractivity contribution in [1.82, 2.24) is 4.90 Å². The molecular weight excluding hydrogens is 272 g/mol. The van der Waals surface area contributed by atoms with E-state index in [4.69, 9.17) is 5.26 Å². The fourth-order valence-corrected chi connectivity index (χ4v) is 3.07. The van der Waals surface area contributed by atoms with Gasteiger partial charge in [0.2, 0.25) is 5.91 Å². The number of benzene rings is 1. The molecule has 0 fully saturated rings. The van der Waals surface area contributed by atoms with Crippen molar-refractivity contribution in [3.05, 3.63) is 47.7 Å². The van der Waals surface area contributed by atoms with E-state index in [9.17, 15) is 4.79 Å². The SMILES string of the molecule is CCC(=O)N(Cc1ccccc1)C1=CCCCC1CCC#N. The van der Waals surface area contributed by atoms with Gasteiger partial charge < -0.3 is 4.90 Å². The van der Waals surface area contributed by atoms with Gasteiger partial charge in [0.25, 0.3) is 0 Å². The monoisotopic (exact) mass is 296 g/mol. The van der Waals surface area contributed by atoms with Crippen LogP contribution in [-0.2, 0) is 11.3 Å². The normalized spacial score (nSPS) is 17.5. The van der Waals surface area contributed by atoms with Crippen LogP contribution in [0.1, 0.15) is 51.0 Å². The quantitative estimate of drug-likeness (QED) is 0.780. The zero-order chi connectivity index (χ0) is 15.8. The van der Waals surface area contributed by atoms with Gasteiger partial charge in [0.1, 0.15) is 0 Å². The van der Waals surface area contributed by atoms with E-state index in [1.165, 1.54) is 0 Å². The number of allylic oxidation sites excluding steroid dienone is 2. The van der Waals surface area contributed by atoms with E-state index in [1.807, 2.05) is 30.0 Å². The maximum Gasteiger partial charge on any atom is 0.226 e. The molecule has 1 amide bonds. The highest BCUT2D eigenvalue weighted by molar-refractivity contribution is 5.77. The Labute approximate surface area is 133 Å². The van der Waals surface area contributed by atoms with Crippen molar-refractivity contribution >= 4 is 5.91 Å². The van der Waals surface area contributed by atoms with Gasteiger partial charge in [-0.25, -0.2) is 0 Å². The van der Waals surface area contributed by atoms with Gasteiger partial charge in [-0.3, -0.25) is 4.79 Å². The minimum absolute atomic E-state index is 0.166. The number of carbonyl (C=O) groups is 1. The average molecular weight is 296 g/mol. The molecule has 0 N–H and O–H groups in total. The molecule has 116 valence electrons. The summed E-state index contributed by atoms with van der Waals surface area (Å²) in [4.78, 5) is 14.4. The van der Waals surface area contributed by atoms with Crippen LogP contribution in [0.25, 0.3) is 0 Å². The number of hydrogen-bond acceptors (Lipinski definition) is 2. The lowest BCUT2D eigenvalue weighted by molar-refractivity contribution is -0.130. The van der Waals surface area contributed by atoms with Crippen LogP contribution >= 0.6 is 0 Å². The van der Waals surface area contributed by atoms with Crippen LogP contribution in [0.5, 0.6) is 0 Å². The molecule has 3 heteroatoms. The first kappa shape index (κ1) is 16.3. The smallest absolute Gasteiger partial charge is 0.226 e. The fraction of sp³-hybridized carbons (Fsp3) is 0.474. The molecule has 2 rings (SSSR count). The Morgan fingerprint density at radius 2 is 2.14 bits per heavy atom. The molecule has 0 radical (unpaired) electrons. The zero-order valence-electron chi connectivity index (χ0n) is 13.3. The summed E-state index contributed by atoms with van der Waals surface area (Å²) in [5, 5.41) is 8.86. The first-order valence-corrected chi connectivity index (χ1v) is 8.17. The first-order chi connectivity index (χ1) is 10.8. The Hall–Kier alpha value is -2.08. The van der Waals surface area contributed by atoms with E-state index in [0.29, 0.717) is 25.3 Å². The van der Waals surface area contributed by atoms with Crippen molar-refractivity contribution in [3.8, 4) is 6.07 Å². The molecule has 1 aliphatic carbocycles. The number of nitriles is 1. The molecule has 1 atom stereocenters. The summed E-state index contributed by atoms with van der Waals surface area (Å²) in [6.45, 7) is 2.54. The number of rotatable bonds is 6. The summed E-state index contributed by atoms with van der Waals surface area (Å²) in [7, 11) is 0. The molecule has 1 aromatic carbocycles. The van der Waals surface area contributed by atoms with Crippen LogP contribution in [0.3, 0.4) is 0 Å². The highest BCUT2D eigenvalue weighted by Crippen LogP contribution is 2.32. The van der Waals surface area contributed by atoms with Gasteiger partial charge in [0.15, 0.2) is 0 Å². The second-order valence-corrected chi connectivity index (χ2v) is 5.77. The van der Waals surface area contributed by atoms with E-state index >= 15 is 0 Å². The average Bonchev–Trinajstić information content (AvgIpc) is 2.58. The topological polar surface area (TPSA) is 44.1 Å². The molecular formula is C19H24N2O. The molecule has 1 unspecified atom stereocenters. The number of hydrogen-bond donors (Lipinski definition) is 0. The van der Waals surface area contributed by atoms with Crippen molar-refractivity contribution < 1.29 is 4.79 Å². The van der Waals surface area contributed by atoms with Crippen LogP contribution in [-0.4, -0.2) is 10.8 Å². The Balaban J connectivity index is 2.21. The van der Waals surface area contributed by atoms with E-state index in [-0.39, 0.29) is 5.91 Å². The standard InChI is InChI=1S/C19H24N2O/c1-2-19(22)21(15-16-9-4-3-5-10-16)18-13-7-6-11-17(18)12-8-14-20/h3-5,9-10,13,17H,2,6-8,11-12,15H2,1H3. The minimum atomic E-state index is 0.166. The molecule has 3 nitrogen and oxygen atoms in total. The van der Waals surface area contributed by atoms with E-state index in [2.05, 4.69) is 24.3 Å². The number of nitrogens with zero attached hydrogens (tertiary/aromatic N) is 2. The van der Waals surface area contributed by atoms with Crippen molar-refractivity contribution in [2.75, 3.05) is 0 Å². The summed E-state index contributed by atoms with van der Waals surface area (Å²) < 4.78 is 0. The summed E-state index contributed by atoms with van der Waals surface area (Å²) in [6.07, 6.45) is 7.39. The van der Waals surface area contributed by atoms with Gasteiger partial charge in [0, 0.05) is 18.5 Å². The fourth-order valence-electron chi connectivity index (χ4n) is 3.07. The Morgan fingerprint density at radius 1 is 1.36 bits per heavy atom. The third-order valence-corrected chi connectivity index (χ3v) is 4.23. The largest absolute Gasteiger partial charge is 0.312 e. The van der Waals surface area contributed by atoms with Crippen molar-refractivity contribution in [2.45, 2.75) is 52.0 Å². The van der Waals surface area contributed by atoms with Crippen LogP contribution < -0.4 is 0 Å². The molecule has 0 spiro atoms. The van der Waals surface area contributed by atoms with Gasteiger partial charge >= 0.3 is 0 Å². The molecule has 0 aromatic heterocycles. The third-order valence-electron chi connectivity index (χ3n) is 4.23. The maximum atomic E-state index is 12.5. The molecule has 0 saturated heterocycles. The predicted molar refractivity (Wildman–Crippen MR) is 87.6 cm³/mol. The van der Waals surface area contributed by atoms with Crippen LogP contribution in [0.15, 0.2) is 42.1 Å². The highest BCUT2D eigenvalue weighted by Gasteiger charge is 2.25. The van der Waals surface area contributed by atoms with Crippen molar-refractivity contribution in [1.29, 1.82) is 5.26 Å². The second-order valence-electron chi connectivity index (χ2n) is 5.77. The van der Waals surface area contributed by atoms with Crippen LogP contribution in [0, 0.1) is 17.2 Å². The van der Waals surface area contributed by atoms with Gasteiger partial charge in [-0.1, -0.05) is 43.3 Å². The molecule has 1 aliphatic rings. The number of amides is 1. The lowest BCUT2D eigenvalue weighted by Crippen LogP contribution is -2.33. The van der Waals surface area contributed by atoms with Crippen LogP contribution in [0.4, 0.5) is 0 Å². The highest BCUT2D eigenvalue weighted by atomic mass is 16.2. The molecule has 22 heavy (non-hydrogen) atoms. The lowest BCUT2D eigenvalue weighted by Gasteiger charge is -2.33.